The van der Waals surface area contributed by atoms with Gasteiger partial charge in [0.15, 0.2) is 11.2 Å². The van der Waals surface area contributed by atoms with Gasteiger partial charge in [-0.25, -0.2) is 9.78 Å². The van der Waals surface area contributed by atoms with Crippen molar-refractivity contribution in [3.05, 3.63) is 27.2 Å². The smallest absolute Gasteiger partial charge is 0.332 e. The molecule has 1 aliphatic rings. The lowest BCUT2D eigenvalue weighted by molar-refractivity contribution is 0.0158. The average molecular weight is 335 g/mol. The van der Waals surface area contributed by atoms with Gasteiger partial charge in [0, 0.05) is 33.7 Å². The first-order valence-corrected chi connectivity index (χ1v) is 8.34. The zero-order chi connectivity index (χ0) is 17.5. The summed E-state index contributed by atoms with van der Waals surface area (Å²) >= 11 is 0. The summed E-state index contributed by atoms with van der Waals surface area (Å²) in [5, 5.41) is 10.5. The van der Waals surface area contributed by atoms with E-state index in [1.807, 2.05) is 7.05 Å². The highest BCUT2D eigenvalue weighted by molar-refractivity contribution is 5.69. The van der Waals surface area contributed by atoms with E-state index in [-0.39, 0.29) is 11.2 Å². The van der Waals surface area contributed by atoms with Crippen molar-refractivity contribution in [1.82, 2.24) is 23.6 Å². The van der Waals surface area contributed by atoms with Crippen LogP contribution in [0.3, 0.4) is 0 Å². The van der Waals surface area contributed by atoms with Crippen LogP contribution in [0.2, 0.25) is 0 Å². The van der Waals surface area contributed by atoms with Gasteiger partial charge in [0.25, 0.3) is 5.56 Å². The molecule has 2 aromatic rings. The van der Waals surface area contributed by atoms with Crippen LogP contribution < -0.4 is 11.2 Å². The number of imidazole rings is 1. The minimum absolute atomic E-state index is 0.331. The highest BCUT2D eigenvalue weighted by Crippen LogP contribution is 2.29. The molecular formula is C16H25N5O3. The Kier molecular flexibility index (Phi) is 4.35. The third kappa shape index (κ3) is 2.91. The third-order valence-corrected chi connectivity index (χ3v) is 5.04. The number of hydrogen-bond acceptors (Lipinski definition) is 5. The van der Waals surface area contributed by atoms with Gasteiger partial charge in [0.2, 0.25) is 0 Å². The van der Waals surface area contributed by atoms with Gasteiger partial charge in [-0.3, -0.25) is 13.9 Å². The van der Waals surface area contributed by atoms with E-state index in [2.05, 4.69) is 9.88 Å². The molecule has 132 valence electrons. The molecule has 0 aromatic carbocycles. The molecule has 0 amide bonds. The van der Waals surface area contributed by atoms with Crippen molar-refractivity contribution in [3.63, 3.8) is 0 Å². The minimum Gasteiger partial charge on any atom is -0.389 e. The van der Waals surface area contributed by atoms with Crippen LogP contribution in [0.5, 0.6) is 0 Å². The fraction of sp³-hybridized carbons (Fsp3) is 0.688. The zero-order valence-electron chi connectivity index (χ0n) is 14.5. The summed E-state index contributed by atoms with van der Waals surface area (Å²) in [6, 6.07) is 0. The van der Waals surface area contributed by atoms with Crippen LogP contribution in [0, 0.1) is 0 Å². The van der Waals surface area contributed by atoms with Gasteiger partial charge in [-0.2, -0.15) is 0 Å². The highest BCUT2D eigenvalue weighted by atomic mass is 16.3. The van der Waals surface area contributed by atoms with Gasteiger partial charge in [0.1, 0.15) is 0 Å². The molecule has 1 saturated carbocycles. The molecule has 0 spiro atoms. The first-order chi connectivity index (χ1) is 11.3. The largest absolute Gasteiger partial charge is 0.389 e. The van der Waals surface area contributed by atoms with Gasteiger partial charge in [0.05, 0.1) is 11.9 Å². The average Bonchev–Trinajstić information content (AvgIpc) is 3.15. The van der Waals surface area contributed by atoms with Crippen LogP contribution in [-0.4, -0.2) is 54.4 Å². The summed E-state index contributed by atoms with van der Waals surface area (Å²) in [6.07, 6.45) is 5.48. The predicted molar refractivity (Wildman–Crippen MR) is 91.1 cm³/mol. The molecule has 3 rings (SSSR count). The quantitative estimate of drug-likeness (QED) is 0.809. The Morgan fingerprint density at radius 3 is 2.58 bits per heavy atom. The number of fused-ring (bicyclic) bond motifs is 1. The maximum Gasteiger partial charge on any atom is 0.332 e. The molecular weight excluding hydrogens is 310 g/mol. The number of aliphatic hydroxyl groups is 1. The SMILES string of the molecule is CN(CCn1cnc2c1c(=O)n(C)c(=O)n2C)CC1(O)CCCC1. The van der Waals surface area contributed by atoms with E-state index in [0.29, 0.717) is 30.8 Å². The van der Waals surface area contributed by atoms with Gasteiger partial charge in [-0.1, -0.05) is 12.8 Å². The molecule has 8 heteroatoms. The Bertz CT molecular complexity index is 857. The lowest BCUT2D eigenvalue weighted by Gasteiger charge is -2.28. The summed E-state index contributed by atoms with van der Waals surface area (Å²) in [6.45, 7) is 1.91. The Morgan fingerprint density at radius 1 is 1.25 bits per heavy atom. The fourth-order valence-corrected chi connectivity index (χ4v) is 3.62. The van der Waals surface area contributed by atoms with Gasteiger partial charge in [-0.15, -0.1) is 0 Å². The number of hydrogen-bond donors (Lipinski definition) is 1. The van der Waals surface area contributed by atoms with Crippen molar-refractivity contribution in [3.8, 4) is 0 Å². The van der Waals surface area contributed by atoms with Crippen molar-refractivity contribution in [2.45, 2.75) is 37.8 Å². The van der Waals surface area contributed by atoms with Crippen molar-refractivity contribution < 1.29 is 5.11 Å². The predicted octanol–water partition coefficient (Wildman–Crippen LogP) is -0.329. The van der Waals surface area contributed by atoms with E-state index in [4.69, 9.17) is 0 Å². The van der Waals surface area contributed by atoms with Crippen molar-refractivity contribution >= 4 is 11.2 Å². The standard InChI is InChI=1S/C16H25N5O3/c1-18(10-16(24)6-4-5-7-16)8-9-21-11-17-13-12(21)14(22)20(3)15(23)19(13)2/h11,24H,4-10H2,1-3H3. The van der Waals surface area contributed by atoms with E-state index in [1.165, 1.54) is 11.6 Å². The first kappa shape index (κ1) is 16.9. The van der Waals surface area contributed by atoms with Crippen molar-refractivity contribution in [2.24, 2.45) is 14.1 Å². The number of nitrogens with zero attached hydrogens (tertiary/aromatic N) is 5. The number of aromatic nitrogens is 4. The van der Waals surface area contributed by atoms with E-state index >= 15 is 0 Å². The summed E-state index contributed by atoms with van der Waals surface area (Å²) in [5.74, 6) is 0. The summed E-state index contributed by atoms with van der Waals surface area (Å²) in [4.78, 5) is 30.6. The fourth-order valence-electron chi connectivity index (χ4n) is 3.62. The van der Waals surface area contributed by atoms with Gasteiger partial charge in [-0.05, 0) is 19.9 Å². The minimum atomic E-state index is -0.578. The lowest BCUT2D eigenvalue weighted by Crippen LogP contribution is -2.40. The van der Waals surface area contributed by atoms with Crippen molar-refractivity contribution in [1.29, 1.82) is 0 Å². The molecule has 1 N–H and O–H groups in total. The van der Waals surface area contributed by atoms with Crippen LogP contribution in [0.25, 0.3) is 11.2 Å². The van der Waals surface area contributed by atoms with Gasteiger partial charge >= 0.3 is 5.69 Å². The van der Waals surface area contributed by atoms with Crippen LogP contribution in [-0.2, 0) is 20.6 Å². The van der Waals surface area contributed by atoms with Crippen LogP contribution >= 0.6 is 0 Å². The lowest BCUT2D eigenvalue weighted by atomic mass is 10.0. The molecule has 2 heterocycles. The van der Waals surface area contributed by atoms with E-state index < -0.39 is 5.60 Å². The molecule has 0 unspecified atom stereocenters. The molecule has 24 heavy (non-hydrogen) atoms. The molecule has 8 nitrogen and oxygen atoms in total. The van der Waals surface area contributed by atoms with E-state index in [9.17, 15) is 14.7 Å². The maximum absolute atomic E-state index is 12.4. The van der Waals surface area contributed by atoms with Crippen molar-refractivity contribution in [2.75, 3.05) is 20.1 Å². The molecule has 0 bridgehead atoms. The zero-order valence-corrected chi connectivity index (χ0v) is 14.5. The van der Waals surface area contributed by atoms with Crippen LogP contribution in [0.1, 0.15) is 25.7 Å². The molecule has 0 atom stereocenters. The molecule has 1 fully saturated rings. The molecule has 0 radical (unpaired) electrons. The number of aryl methyl sites for hydroxylation is 1. The monoisotopic (exact) mass is 335 g/mol. The topological polar surface area (TPSA) is 85.3 Å². The third-order valence-electron chi connectivity index (χ3n) is 5.04. The Morgan fingerprint density at radius 2 is 1.92 bits per heavy atom. The number of likely N-dealkylation sites (N-methyl/N-ethyl adjacent to an activating group) is 1. The highest BCUT2D eigenvalue weighted by Gasteiger charge is 2.32. The first-order valence-electron chi connectivity index (χ1n) is 8.34. The molecule has 1 aliphatic carbocycles. The Labute approximate surface area is 139 Å². The van der Waals surface area contributed by atoms with Crippen LogP contribution in [0.4, 0.5) is 0 Å². The van der Waals surface area contributed by atoms with E-state index in [1.54, 1.807) is 17.9 Å². The summed E-state index contributed by atoms with van der Waals surface area (Å²) in [5.41, 5.74) is -0.444. The second-order valence-corrected chi connectivity index (χ2v) is 6.99. The maximum atomic E-state index is 12.4. The number of rotatable bonds is 5. The summed E-state index contributed by atoms with van der Waals surface area (Å²) < 4.78 is 4.27. The molecule has 0 aliphatic heterocycles. The molecule has 0 saturated heterocycles. The Hall–Kier alpha value is -1.93. The molecule has 2 aromatic heterocycles. The van der Waals surface area contributed by atoms with E-state index in [0.717, 1.165) is 30.3 Å². The normalized spacial score (nSPS) is 17.2. The summed E-state index contributed by atoms with van der Waals surface area (Å²) in [7, 11) is 5.07. The second-order valence-electron chi connectivity index (χ2n) is 6.99. The van der Waals surface area contributed by atoms with Crippen LogP contribution in [0.15, 0.2) is 15.9 Å². The second kappa shape index (κ2) is 6.18. The van der Waals surface area contributed by atoms with Gasteiger partial charge < -0.3 is 14.6 Å². The Balaban J connectivity index is 1.79.